The fraction of sp³-hybridized carbons (Fsp3) is 0.941. The second kappa shape index (κ2) is 7.36. The highest BCUT2D eigenvalue weighted by molar-refractivity contribution is 5.74. The first kappa shape index (κ1) is 17.0. The van der Waals surface area contributed by atoms with Gasteiger partial charge in [-0.25, -0.2) is 4.79 Å². The molecular formula is C17H30N2O4. The molecule has 2 amide bonds. The number of nitrogens with zero attached hydrogens (tertiary/aromatic N) is 1. The summed E-state index contributed by atoms with van der Waals surface area (Å²) in [6.07, 6.45) is 4.61. The number of carbonyl (C=O) groups excluding carboxylic acids is 1. The molecule has 3 saturated heterocycles. The van der Waals surface area contributed by atoms with Gasteiger partial charge in [-0.2, -0.15) is 0 Å². The van der Waals surface area contributed by atoms with Crippen LogP contribution in [0.3, 0.4) is 0 Å². The molecule has 3 atom stereocenters. The van der Waals surface area contributed by atoms with Gasteiger partial charge in [0.05, 0.1) is 5.60 Å². The number of rotatable bonds is 2. The third-order valence-corrected chi connectivity index (χ3v) is 5.52. The van der Waals surface area contributed by atoms with Gasteiger partial charge in [0.1, 0.15) is 0 Å². The normalized spacial score (nSPS) is 34.3. The highest BCUT2D eigenvalue weighted by Gasteiger charge is 2.40. The van der Waals surface area contributed by atoms with Gasteiger partial charge >= 0.3 is 6.03 Å². The molecule has 1 spiro atoms. The summed E-state index contributed by atoms with van der Waals surface area (Å²) in [5.41, 5.74) is -0.0999. The molecule has 6 heteroatoms. The van der Waals surface area contributed by atoms with Crippen LogP contribution in [0.15, 0.2) is 0 Å². The third-order valence-electron chi connectivity index (χ3n) is 5.52. The monoisotopic (exact) mass is 326 g/mol. The Labute approximate surface area is 138 Å². The number of ether oxygens (including phenoxy) is 2. The zero-order valence-corrected chi connectivity index (χ0v) is 14.1. The summed E-state index contributed by atoms with van der Waals surface area (Å²) in [5, 5.41) is 12.6. The number of hydrogen-bond acceptors (Lipinski definition) is 4. The van der Waals surface area contributed by atoms with Crippen LogP contribution in [0.5, 0.6) is 0 Å². The lowest BCUT2D eigenvalue weighted by molar-refractivity contribution is -0.139. The van der Waals surface area contributed by atoms with E-state index in [1.807, 2.05) is 4.90 Å². The lowest BCUT2D eigenvalue weighted by Crippen LogP contribution is -2.55. The maximum atomic E-state index is 12.6. The van der Waals surface area contributed by atoms with Crippen molar-refractivity contribution in [1.82, 2.24) is 10.2 Å². The van der Waals surface area contributed by atoms with Crippen molar-refractivity contribution in [3.8, 4) is 0 Å². The van der Waals surface area contributed by atoms with E-state index in [2.05, 4.69) is 12.2 Å². The zero-order chi connectivity index (χ0) is 16.3. The van der Waals surface area contributed by atoms with Crippen LogP contribution in [-0.4, -0.2) is 67.2 Å². The van der Waals surface area contributed by atoms with Gasteiger partial charge in [-0.15, -0.1) is 0 Å². The Hall–Kier alpha value is -0.850. The lowest BCUT2D eigenvalue weighted by atomic mass is 9.84. The number of likely N-dealkylation sites (tertiary alicyclic amines) is 1. The van der Waals surface area contributed by atoms with E-state index in [9.17, 15) is 9.90 Å². The molecule has 0 aromatic carbocycles. The molecule has 0 aliphatic carbocycles. The second-order valence-corrected chi connectivity index (χ2v) is 7.58. The Morgan fingerprint density at radius 1 is 1.30 bits per heavy atom. The number of amides is 2. The minimum Gasteiger partial charge on any atom is -0.396 e. The number of aliphatic hydroxyl groups is 1. The minimum absolute atomic E-state index is 0.0177. The van der Waals surface area contributed by atoms with Gasteiger partial charge < -0.3 is 24.8 Å². The van der Waals surface area contributed by atoms with Gasteiger partial charge in [0.25, 0.3) is 0 Å². The number of aliphatic hydroxyl groups excluding tert-OH is 1. The van der Waals surface area contributed by atoms with Gasteiger partial charge in [0, 0.05) is 45.6 Å². The fourth-order valence-corrected chi connectivity index (χ4v) is 4.29. The Kier molecular flexibility index (Phi) is 5.44. The van der Waals surface area contributed by atoms with Crippen LogP contribution in [0.2, 0.25) is 0 Å². The van der Waals surface area contributed by atoms with Crippen molar-refractivity contribution in [2.75, 3.05) is 39.5 Å². The maximum Gasteiger partial charge on any atom is 0.317 e. The quantitative estimate of drug-likeness (QED) is 0.804. The molecule has 3 rings (SSSR count). The van der Waals surface area contributed by atoms with Gasteiger partial charge in [0.15, 0.2) is 0 Å². The molecule has 0 aromatic rings. The van der Waals surface area contributed by atoms with Gasteiger partial charge in [-0.05, 0) is 43.9 Å². The predicted molar refractivity (Wildman–Crippen MR) is 86.2 cm³/mol. The topological polar surface area (TPSA) is 71.0 Å². The van der Waals surface area contributed by atoms with E-state index >= 15 is 0 Å². The van der Waals surface area contributed by atoms with Gasteiger partial charge in [0.2, 0.25) is 0 Å². The highest BCUT2D eigenvalue weighted by atomic mass is 16.5. The SMILES string of the molecule is CC1CC(CO)CN(C(=O)NC2CCOC3(CCOCC3)C2)C1. The summed E-state index contributed by atoms with van der Waals surface area (Å²) < 4.78 is 11.5. The first-order valence-electron chi connectivity index (χ1n) is 8.98. The predicted octanol–water partition coefficient (Wildman–Crippen LogP) is 1.37. The maximum absolute atomic E-state index is 12.6. The molecule has 132 valence electrons. The van der Waals surface area contributed by atoms with E-state index in [0.717, 1.165) is 51.9 Å². The van der Waals surface area contributed by atoms with E-state index in [4.69, 9.17) is 9.47 Å². The summed E-state index contributed by atoms with van der Waals surface area (Å²) >= 11 is 0. The Balaban J connectivity index is 1.54. The summed E-state index contributed by atoms with van der Waals surface area (Å²) in [6, 6.07) is 0.197. The van der Waals surface area contributed by atoms with Crippen molar-refractivity contribution in [1.29, 1.82) is 0 Å². The number of hydrogen-bond donors (Lipinski definition) is 2. The number of urea groups is 1. The second-order valence-electron chi connectivity index (χ2n) is 7.58. The van der Waals surface area contributed by atoms with Crippen molar-refractivity contribution >= 4 is 6.03 Å². The van der Waals surface area contributed by atoms with Crippen LogP contribution >= 0.6 is 0 Å². The van der Waals surface area contributed by atoms with Crippen LogP contribution in [0, 0.1) is 11.8 Å². The van der Waals surface area contributed by atoms with Crippen LogP contribution < -0.4 is 5.32 Å². The molecule has 23 heavy (non-hydrogen) atoms. The minimum atomic E-state index is -0.0999. The highest BCUT2D eigenvalue weighted by Crippen LogP contribution is 2.34. The van der Waals surface area contributed by atoms with Crippen LogP contribution in [0.4, 0.5) is 4.79 Å². The molecule has 3 unspecified atom stereocenters. The summed E-state index contributed by atoms with van der Waals surface area (Å²) in [5.74, 6) is 0.657. The summed E-state index contributed by atoms with van der Waals surface area (Å²) in [7, 11) is 0. The molecule has 0 saturated carbocycles. The fourth-order valence-electron chi connectivity index (χ4n) is 4.29. The number of carbonyl (C=O) groups is 1. The summed E-state index contributed by atoms with van der Waals surface area (Å²) in [6.45, 7) is 5.97. The molecular weight excluding hydrogens is 296 g/mol. The smallest absolute Gasteiger partial charge is 0.317 e. The molecule has 3 aliphatic heterocycles. The van der Waals surface area contributed by atoms with Crippen LogP contribution in [-0.2, 0) is 9.47 Å². The Morgan fingerprint density at radius 3 is 2.83 bits per heavy atom. The summed E-state index contributed by atoms with van der Waals surface area (Å²) in [4.78, 5) is 14.5. The lowest BCUT2D eigenvalue weighted by Gasteiger charge is -2.44. The number of piperidine rings is 1. The van der Waals surface area contributed by atoms with E-state index in [1.165, 1.54) is 0 Å². The molecule has 3 fully saturated rings. The van der Waals surface area contributed by atoms with Crippen molar-refractivity contribution in [2.45, 2.75) is 50.7 Å². The molecule has 0 radical (unpaired) electrons. The van der Waals surface area contributed by atoms with Gasteiger partial charge in [-0.1, -0.05) is 6.92 Å². The Bertz CT molecular complexity index is 406. The third kappa shape index (κ3) is 4.17. The van der Waals surface area contributed by atoms with Crippen molar-refractivity contribution in [3.63, 3.8) is 0 Å². The molecule has 3 heterocycles. The first-order chi connectivity index (χ1) is 11.1. The Morgan fingerprint density at radius 2 is 2.09 bits per heavy atom. The molecule has 2 N–H and O–H groups in total. The van der Waals surface area contributed by atoms with E-state index in [1.54, 1.807) is 0 Å². The molecule has 0 bridgehead atoms. The van der Waals surface area contributed by atoms with E-state index in [-0.39, 0.29) is 30.2 Å². The average Bonchev–Trinajstić information content (AvgIpc) is 2.55. The number of nitrogens with one attached hydrogen (secondary N) is 1. The van der Waals surface area contributed by atoms with Crippen molar-refractivity contribution in [2.24, 2.45) is 11.8 Å². The van der Waals surface area contributed by atoms with E-state index < -0.39 is 0 Å². The molecule has 0 aromatic heterocycles. The molecule has 3 aliphatic rings. The molecule has 6 nitrogen and oxygen atoms in total. The standard InChI is InChI=1S/C17H30N2O4/c1-13-8-14(12-20)11-19(10-13)16(21)18-15-2-5-23-17(9-15)3-6-22-7-4-17/h13-15,20H,2-12H2,1H3,(H,18,21). The van der Waals surface area contributed by atoms with Crippen molar-refractivity contribution < 1.29 is 19.4 Å². The van der Waals surface area contributed by atoms with Crippen LogP contribution in [0.25, 0.3) is 0 Å². The average molecular weight is 326 g/mol. The zero-order valence-electron chi connectivity index (χ0n) is 14.1. The first-order valence-corrected chi connectivity index (χ1v) is 8.98. The van der Waals surface area contributed by atoms with Crippen molar-refractivity contribution in [3.05, 3.63) is 0 Å². The van der Waals surface area contributed by atoms with Gasteiger partial charge in [-0.3, -0.25) is 0 Å². The largest absolute Gasteiger partial charge is 0.396 e. The van der Waals surface area contributed by atoms with Crippen LogP contribution in [0.1, 0.15) is 39.0 Å². The van der Waals surface area contributed by atoms with E-state index in [0.29, 0.717) is 19.1 Å².